The van der Waals surface area contributed by atoms with Crippen LogP contribution in [-0.2, 0) is 19.2 Å². The average molecular weight is 668 g/mol. The number of carboxylic acid groups (broad SMARTS) is 2. The second kappa shape index (κ2) is 15.2. The van der Waals surface area contributed by atoms with Gasteiger partial charge < -0.3 is 39.9 Å². The lowest BCUT2D eigenvalue weighted by atomic mass is 10.1. The first-order valence-electron chi connectivity index (χ1n) is 16.2. The molecule has 0 bridgehead atoms. The van der Waals surface area contributed by atoms with E-state index in [0.29, 0.717) is 38.2 Å². The van der Waals surface area contributed by atoms with Gasteiger partial charge in [-0.2, -0.15) is 5.10 Å². The third-order valence-corrected chi connectivity index (χ3v) is 8.91. The van der Waals surface area contributed by atoms with E-state index < -0.39 is 48.5 Å². The summed E-state index contributed by atoms with van der Waals surface area (Å²) in [6, 6.07) is 8.37. The highest BCUT2D eigenvalue weighted by molar-refractivity contribution is 5.96. The second-order valence-electron chi connectivity index (χ2n) is 12.2. The molecule has 3 aliphatic heterocycles. The van der Waals surface area contributed by atoms with Gasteiger partial charge in [0.05, 0.1) is 5.69 Å². The number of aromatic nitrogens is 2. The van der Waals surface area contributed by atoms with Crippen molar-refractivity contribution in [2.75, 3.05) is 45.8 Å². The molecule has 4 heterocycles. The number of benzene rings is 1. The molecule has 0 aliphatic carbocycles. The van der Waals surface area contributed by atoms with Crippen LogP contribution in [0, 0.1) is 0 Å². The Morgan fingerprint density at radius 2 is 1.54 bits per heavy atom. The lowest BCUT2D eigenvalue weighted by Crippen LogP contribution is -2.55. The number of nitrogens with one attached hydrogen (secondary N) is 1. The summed E-state index contributed by atoms with van der Waals surface area (Å²) in [4.78, 5) is 82.3. The number of rotatable bonds is 11. The van der Waals surface area contributed by atoms with Gasteiger partial charge in [0.15, 0.2) is 11.8 Å². The molecule has 0 unspecified atom stereocenters. The minimum Gasteiger partial charge on any atom is -0.481 e. The van der Waals surface area contributed by atoms with Crippen LogP contribution < -0.4 is 10.1 Å². The number of hydrogen-bond acceptors (Lipinski definition) is 8. The highest BCUT2D eigenvalue weighted by Gasteiger charge is 2.39. The molecule has 3 saturated heterocycles. The smallest absolute Gasteiger partial charge is 0.407 e. The number of aliphatic carboxylic acids is 1. The van der Waals surface area contributed by atoms with Crippen molar-refractivity contribution in [2.24, 2.45) is 0 Å². The summed E-state index contributed by atoms with van der Waals surface area (Å²) in [5.41, 5.74) is 0.393. The molecule has 5 rings (SSSR count). The Morgan fingerprint density at radius 1 is 0.875 bits per heavy atom. The normalized spacial score (nSPS) is 19.1. The Bertz CT molecular complexity index is 1520. The first kappa shape index (κ1) is 34.2. The molecule has 5 amide bonds. The minimum absolute atomic E-state index is 0.0467. The van der Waals surface area contributed by atoms with E-state index in [1.54, 1.807) is 42.2 Å². The largest absolute Gasteiger partial charge is 0.481 e. The number of hydrogen-bond donors (Lipinski definition) is 3. The zero-order valence-electron chi connectivity index (χ0n) is 26.8. The third kappa shape index (κ3) is 7.86. The summed E-state index contributed by atoms with van der Waals surface area (Å²) in [6.45, 7) is 3.75. The molecule has 1 aromatic carbocycles. The molecule has 16 heteroatoms. The first-order chi connectivity index (χ1) is 23.0. The number of piperazine rings is 1. The lowest BCUT2D eigenvalue weighted by Gasteiger charge is -2.35. The van der Waals surface area contributed by atoms with Gasteiger partial charge in [0, 0.05) is 58.3 Å². The number of amides is 5. The molecule has 3 N–H and O–H groups in total. The fourth-order valence-electron chi connectivity index (χ4n) is 6.31. The van der Waals surface area contributed by atoms with E-state index in [4.69, 9.17) is 4.74 Å². The van der Waals surface area contributed by atoms with E-state index in [1.165, 1.54) is 20.5 Å². The molecule has 3 atom stereocenters. The van der Waals surface area contributed by atoms with E-state index in [9.17, 15) is 39.0 Å². The van der Waals surface area contributed by atoms with Crippen LogP contribution in [0.15, 0.2) is 36.4 Å². The lowest BCUT2D eigenvalue weighted by molar-refractivity contribution is -0.147. The Balaban J connectivity index is 1.33. The molecule has 1 aromatic heterocycles. The Morgan fingerprint density at radius 3 is 2.19 bits per heavy atom. The molecule has 258 valence electrons. The van der Waals surface area contributed by atoms with Crippen LogP contribution in [0.1, 0.15) is 55.9 Å². The van der Waals surface area contributed by atoms with Crippen LogP contribution in [0.2, 0.25) is 0 Å². The topological polar surface area (TPSA) is 195 Å². The number of nitrogens with zero attached hydrogens (tertiary/aromatic N) is 6. The summed E-state index contributed by atoms with van der Waals surface area (Å²) in [7, 11) is 0. The van der Waals surface area contributed by atoms with E-state index in [2.05, 4.69) is 10.4 Å². The van der Waals surface area contributed by atoms with Crippen molar-refractivity contribution in [3.63, 3.8) is 0 Å². The Hall–Kier alpha value is -5.15. The van der Waals surface area contributed by atoms with Crippen molar-refractivity contribution in [2.45, 2.75) is 63.6 Å². The minimum atomic E-state index is -1.21. The number of carboxylic acids is 1. The fraction of sp³-hybridized carbons (Fsp3) is 0.531. The van der Waals surface area contributed by atoms with Gasteiger partial charge in [-0.1, -0.05) is 18.2 Å². The van der Waals surface area contributed by atoms with E-state index >= 15 is 0 Å². The molecular formula is C32H41N7O9. The maximum Gasteiger partial charge on any atom is 0.407 e. The van der Waals surface area contributed by atoms with Gasteiger partial charge in [-0.05, 0) is 51.2 Å². The molecule has 3 aliphatic rings. The van der Waals surface area contributed by atoms with E-state index in [-0.39, 0.29) is 56.0 Å². The second-order valence-corrected chi connectivity index (χ2v) is 12.2. The van der Waals surface area contributed by atoms with E-state index in [0.717, 1.165) is 12.8 Å². The molecule has 16 nitrogen and oxygen atoms in total. The van der Waals surface area contributed by atoms with Gasteiger partial charge in [0.25, 0.3) is 11.8 Å². The van der Waals surface area contributed by atoms with Gasteiger partial charge in [0.2, 0.25) is 17.7 Å². The standard InChI is InChI=1S/C32H41N7O9/c1-21(29(43)38-15-7-10-25(38)31(45)35-13-5-6-14-35)48-26-20-24(34-39(26)22-8-3-2-4-9-22)28(42)33-23(11-12-27(40)41)30(44)36-16-18-37(19-17-36)32(46)47/h2-4,8-9,20-21,23,25H,5-7,10-19H2,1H3,(H,33,42)(H,40,41)(H,46,47)/t21-,23-,25-/m0/s1. The number of carbonyl (C=O) groups excluding carboxylic acids is 4. The maximum atomic E-state index is 13.6. The fourth-order valence-corrected chi connectivity index (χ4v) is 6.31. The zero-order chi connectivity index (χ0) is 34.4. The van der Waals surface area contributed by atoms with Crippen molar-refractivity contribution >= 4 is 35.7 Å². The predicted octanol–water partition coefficient (Wildman–Crippen LogP) is 1.04. The van der Waals surface area contributed by atoms with Gasteiger partial charge in [-0.3, -0.25) is 24.0 Å². The molecule has 0 saturated carbocycles. The quantitative estimate of drug-likeness (QED) is 0.312. The third-order valence-electron chi connectivity index (χ3n) is 8.91. The van der Waals surface area contributed by atoms with Gasteiger partial charge in [-0.15, -0.1) is 0 Å². The van der Waals surface area contributed by atoms with Crippen LogP contribution >= 0.6 is 0 Å². The van der Waals surface area contributed by atoms with Gasteiger partial charge >= 0.3 is 12.1 Å². The van der Waals surface area contributed by atoms with Crippen molar-refractivity contribution in [3.05, 3.63) is 42.1 Å². The Labute approximate surface area is 277 Å². The molecular weight excluding hydrogens is 626 g/mol. The SMILES string of the molecule is C[C@H](Oc1cc(C(=O)N[C@@H](CCC(=O)O)C(=O)N2CCN(C(=O)O)CC2)nn1-c1ccccc1)C(=O)N1CCC[C@H]1C(=O)N1CCCC1. The van der Waals surface area contributed by atoms with E-state index in [1.807, 2.05) is 4.90 Å². The molecule has 0 radical (unpaired) electrons. The molecule has 2 aromatic rings. The summed E-state index contributed by atoms with van der Waals surface area (Å²) in [5.74, 6) is -2.78. The zero-order valence-corrected chi connectivity index (χ0v) is 26.8. The summed E-state index contributed by atoms with van der Waals surface area (Å²) < 4.78 is 7.47. The Kier molecular flexibility index (Phi) is 10.8. The predicted molar refractivity (Wildman–Crippen MR) is 169 cm³/mol. The van der Waals surface area contributed by atoms with Crippen LogP contribution in [0.3, 0.4) is 0 Å². The highest BCUT2D eigenvalue weighted by Crippen LogP contribution is 2.25. The van der Waals surface area contributed by atoms with Crippen LogP contribution in [-0.4, -0.2) is 139 Å². The summed E-state index contributed by atoms with van der Waals surface area (Å²) in [6.07, 6.45) is 0.463. The summed E-state index contributed by atoms with van der Waals surface area (Å²) in [5, 5.41) is 25.5. The molecule has 3 fully saturated rings. The average Bonchev–Trinajstić information content (AvgIpc) is 3.88. The monoisotopic (exact) mass is 667 g/mol. The number of carbonyl (C=O) groups is 6. The number of ether oxygens (including phenoxy) is 1. The van der Waals surface area contributed by atoms with Gasteiger partial charge in [-0.25, -0.2) is 9.48 Å². The number of likely N-dealkylation sites (tertiary alicyclic amines) is 2. The molecule has 48 heavy (non-hydrogen) atoms. The van der Waals surface area contributed by atoms with Crippen LogP contribution in [0.5, 0.6) is 5.88 Å². The van der Waals surface area contributed by atoms with Crippen molar-refractivity contribution in [1.29, 1.82) is 0 Å². The summed E-state index contributed by atoms with van der Waals surface area (Å²) >= 11 is 0. The molecule has 0 spiro atoms. The van der Waals surface area contributed by atoms with Crippen LogP contribution in [0.25, 0.3) is 5.69 Å². The van der Waals surface area contributed by atoms with Crippen molar-refractivity contribution in [1.82, 2.24) is 34.7 Å². The highest BCUT2D eigenvalue weighted by atomic mass is 16.5. The first-order valence-corrected chi connectivity index (χ1v) is 16.2. The van der Waals surface area contributed by atoms with Crippen molar-refractivity contribution in [3.8, 4) is 11.6 Å². The van der Waals surface area contributed by atoms with Gasteiger partial charge in [0.1, 0.15) is 12.1 Å². The van der Waals surface area contributed by atoms with Crippen molar-refractivity contribution < 1.29 is 43.7 Å². The van der Waals surface area contributed by atoms with Crippen LogP contribution in [0.4, 0.5) is 4.79 Å². The number of para-hydroxylation sites is 1. The maximum absolute atomic E-state index is 13.6.